The summed E-state index contributed by atoms with van der Waals surface area (Å²) in [4.78, 5) is 19.4. The van der Waals surface area contributed by atoms with Crippen molar-refractivity contribution in [2.45, 2.75) is 31.6 Å². The topological polar surface area (TPSA) is 33.2 Å². The van der Waals surface area contributed by atoms with Gasteiger partial charge in [0.1, 0.15) is 11.6 Å². The van der Waals surface area contributed by atoms with Gasteiger partial charge in [-0.1, -0.05) is 30.3 Å². The molecule has 0 N–H and O–H groups in total. The number of halogens is 2. The maximum Gasteiger partial charge on any atom is 0.227 e. The molecule has 2 heterocycles. The summed E-state index contributed by atoms with van der Waals surface area (Å²) in [6.45, 7) is 1.37. The number of likely N-dealkylation sites (tertiary alicyclic amines) is 1. The number of nitrogens with zero attached hydrogens (tertiary/aromatic N) is 2. The average Bonchev–Trinajstić information content (AvgIpc) is 2.76. The van der Waals surface area contributed by atoms with Gasteiger partial charge in [0.15, 0.2) is 0 Å². The van der Waals surface area contributed by atoms with E-state index in [0.717, 1.165) is 41.9 Å². The minimum absolute atomic E-state index is 0.0576. The van der Waals surface area contributed by atoms with E-state index in [9.17, 15) is 13.6 Å². The Morgan fingerprint density at radius 2 is 1.77 bits per heavy atom. The van der Waals surface area contributed by atoms with Crippen LogP contribution < -0.4 is 0 Å². The fourth-order valence-electron chi connectivity index (χ4n) is 4.01. The van der Waals surface area contributed by atoms with Crippen LogP contribution in [0.25, 0.3) is 0 Å². The molecule has 2 aromatic carbocycles. The van der Waals surface area contributed by atoms with E-state index in [4.69, 9.17) is 4.98 Å². The van der Waals surface area contributed by atoms with Gasteiger partial charge < -0.3 is 4.90 Å². The van der Waals surface area contributed by atoms with Gasteiger partial charge in [-0.15, -0.1) is 0 Å². The van der Waals surface area contributed by atoms with Gasteiger partial charge in [-0.3, -0.25) is 9.78 Å². The summed E-state index contributed by atoms with van der Waals surface area (Å²) >= 11 is 0. The lowest BCUT2D eigenvalue weighted by atomic mass is 9.93. The Balaban J connectivity index is 1.42. The van der Waals surface area contributed by atoms with Crippen LogP contribution in [0.4, 0.5) is 8.78 Å². The number of hydrogen-bond donors (Lipinski definition) is 0. The second-order valence-electron chi connectivity index (χ2n) is 7.84. The molecule has 0 radical (unpaired) electrons. The van der Waals surface area contributed by atoms with Crippen molar-refractivity contribution in [3.05, 3.63) is 101 Å². The van der Waals surface area contributed by atoms with Crippen molar-refractivity contribution >= 4 is 5.91 Å². The Morgan fingerprint density at radius 1 is 0.967 bits per heavy atom. The molecule has 3 nitrogen and oxygen atoms in total. The number of piperidine rings is 1. The molecule has 0 spiro atoms. The molecular formula is C25H24F2N2O. The number of carbonyl (C=O) groups is 1. The smallest absolute Gasteiger partial charge is 0.227 e. The molecule has 1 fully saturated rings. The van der Waals surface area contributed by atoms with Crippen LogP contribution in [0.15, 0.2) is 66.7 Å². The molecule has 30 heavy (non-hydrogen) atoms. The molecule has 154 valence electrons. The highest BCUT2D eigenvalue weighted by Gasteiger charge is 2.25. The van der Waals surface area contributed by atoms with E-state index in [-0.39, 0.29) is 29.9 Å². The number of rotatable bonds is 5. The lowest BCUT2D eigenvalue weighted by Gasteiger charge is -2.32. The van der Waals surface area contributed by atoms with Crippen LogP contribution in [0.1, 0.15) is 41.3 Å². The van der Waals surface area contributed by atoms with Crippen LogP contribution in [0.2, 0.25) is 0 Å². The van der Waals surface area contributed by atoms with E-state index in [1.807, 2.05) is 29.2 Å². The lowest BCUT2D eigenvalue weighted by molar-refractivity contribution is -0.131. The number of pyridine rings is 1. The third-order valence-corrected chi connectivity index (χ3v) is 5.56. The summed E-state index contributed by atoms with van der Waals surface area (Å²) in [5, 5.41) is 0. The van der Waals surface area contributed by atoms with E-state index in [2.05, 4.69) is 0 Å². The molecule has 1 aliphatic rings. The summed E-state index contributed by atoms with van der Waals surface area (Å²) in [6, 6.07) is 18.6. The van der Waals surface area contributed by atoms with Crippen molar-refractivity contribution in [2.75, 3.05) is 13.1 Å². The van der Waals surface area contributed by atoms with Crippen molar-refractivity contribution in [1.29, 1.82) is 0 Å². The first-order valence-corrected chi connectivity index (χ1v) is 10.3. The van der Waals surface area contributed by atoms with Crippen molar-refractivity contribution in [3.63, 3.8) is 0 Å². The van der Waals surface area contributed by atoms with Gasteiger partial charge in [-0.25, -0.2) is 8.78 Å². The fourth-order valence-corrected chi connectivity index (χ4v) is 4.01. The maximum absolute atomic E-state index is 13.5. The van der Waals surface area contributed by atoms with E-state index >= 15 is 0 Å². The van der Waals surface area contributed by atoms with Gasteiger partial charge in [0.05, 0.1) is 6.42 Å². The van der Waals surface area contributed by atoms with Gasteiger partial charge >= 0.3 is 0 Å². The van der Waals surface area contributed by atoms with Crippen molar-refractivity contribution in [2.24, 2.45) is 0 Å². The van der Waals surface area contributed by atoms with Crippen molar-refractivity contribution in [1.82, 2.24) is 9.88 Å². The predicted molar refractivity (Wildman–Crippen MR) is 112 cm³/mol. The highest BCUT2D eigenvalue weighted by atomic mass is 19.1. The Labute approximate surface area is 175 Å². The zero-order valence-corrected chi connectivity index (χ0v) is 16.7. The first-order valence-electron chi connectivity index (χ1n) is 10.3. The van der Waals surface area contributed by atoms with Crippen LogP contribution in [0.5, 0.6) is 0 Å². The third kappa shape index (κ3) is 5.09. The molecule has 1 atom stereocenters. The number of carbonyl (C=O) groups excluding carboxylic acids is 1. The monoisotopic (exact) mass is 406 g/mol. The van der Waals surface area contributed by atoms with E-state index in [0.29, 0.717) is 13.0 Å². The molecule has 0 aliphatic carbocycles. The van der Waals surface area contributed by atoms with Gasteiger partial charge in [-0.05, 0) is 60.4 Å². The number of hydrogen-bond acceptors (Lipinski definition) is 2. The molecule has 0 bridgehead atoms. The molecule has 1 aromatic heterocycles. The Bertz CT molecular complexity index is 1020. The second kappa shape index (κ2) is 9.16. The van der Waals surface area contributed by atoms with Gasteiger partial charge in [0.2, 0.25) is 5.91 Å². The first kappa shape index (κ1) is 20.2. The molecule has 5 heteroatoms. The van der Waals surface area contributed by atoms with Crippen LogP contribution in [0, 0.1) is 11.6 Å². The molecule has 4 rings (SSSR count). The van der Waals surface area contributed by atoms with E-state index < -0.39 is 0 Å². The predicted octanol–water partition coefficient (Wildman–Crippen LogP) is 4.90. The lowest BCUT2D eigenvalue weighted by Crippen LogP contribution is -2.40. The molecule has 1 aliphatic heterocycles. The zero-order chi connectivity index (χ0) is 20.9. The average molecular weight is 406 g/mol. The van der Waals surface area contributed by atoms with Crippen LogP contribution >= 0.6 is 0 Å². The molecule has 0 saturated carbocycles. The number of amides is 1. The van der Waals surface area contributed by atoms with E-state index in [1.165, 1.54) is 24.3 Å². The molecule has 3 aromatic rings. The summed E-state index contributed by atoms with van der Waals surface area (Å²) in [7, 11) is 0. The van der Waals surface area contributed by atoms with E-state index in [1.54, 1.807) is 18.2 Å². The highest BCUT2D eigenvalue weighted by Crippen LogP contribution is 2.26. The highest BCUT2D eigenvalue weighted by molar-refractivity contribution is 5.79. The molecule has 1 saturated heterocycles. The zero-order valence-electron chi connectivity index (χ0n) is 16.7. The van der Waals surface area contributed by atoms with Crippen molar-refractivity contribution < 1.29 is 13.6 Å². The fraction of sp³-hybridized carbons (Fsp3) is 0.280. The van der Waals surface area contributed by atoms with Crippen LogP contribution in [0.3, 0.4) is 0 Å². The Morgan fingerprint density at radius 3 is 2.57 bits per heavy atom. The Kier molecular flexibility index (Phi) is 6.17. The molecular weight excluding hydrogens is 382 g/mol. The van der Waals surface area contributed by atoms with Gasteiger partial charge in [-0.2, -0.15) is 0 Å². The maximum atomic E-state index is 13.5. The normalized spacial score (nSPS) is 16.5. The first-order chi connectivity index (χ1) is 14.6. The quantitative estimate of drug-likeness (QED) is 0.604. The minimum atomic E-state index is -0.298. The largest absolute Gasteiger partial charge is 0.342 e. The molecule has 0 unspecified atom stereocenters. The second-order valence-corrected chi connectivity index (χ2v) is 7.84. The van der Waals surface area contributed by atoms with Crippen LogP contribution in [-0.4, -0.2) is 28.9 Å². The van der Waals surface area contributed by atoms with Crippen LogP contribution in [-0.2, 0) is 17.6 Å². The summed E-state index contributed by atoms with van der Waals surface area (Å²) in [5.74, 6) is -0.301. The van der Waals surface area contributed by atoms with Gasteiger partial charge in [0, 0.05) is 36.8 Å². The number of benzene rings is 2. The molecule has 1 amide bonds. The SMILES string of the molecule is O=C(Cc1ccc(F)cc1)N1CCC[C@H](c2cccc(Cc3cccc(F)c3)n2)C1. The van der Waals surface area contributed by atoms with Gasteiger partial charge in [0.25, 0.3) is 0 Å². The third-order valence-electron chi connectivity index (χ3n) is 5.56. The number of aromatic nitrogens is 1. The van der Waals surface area contributed by atoms with Crippen molar-refractivity contribution in [3.8, 4) is 0 Å². The summed E-state index contributed by atoms with van der Waals surface area (Å²) in [6.07, 6.45) is 2.76. The summed E-state index contributed by atoms with van der Waals surface area (Å²) in [5.41, 5.74) is 3.58. The minimum Gasteiger partial charge on any atom is -0.342 e. The Hall–Kier alpha value is -3.08. The standard InChI is InChI=1S/C25H24F2N2O/c26-21-11-9-18(10-12-21)16-25(30)29-13-3-5-20(17-29)24-8-2-7-23(28-24)15-19-4-1-6-22(27)14-19/h1-2,4,6-12,14,20H,3,5,13,15-17H2/t20-/m0/s1. The summed E-state index contributed by atoms with van der Waals surface area (Å²) < 4.78 is 26.5.